The van der Waals surface area contributed by atoms with Crippen molar-refractivity contribution in [2.75, 3.05) is 18.8 Å². The monoisotopic (exact) mass is 546 g/mol. The normalized spacial score (nSPS) is 12.3. The van der Waals surface area contributed by atoms with Crippen LogP contribution in [-0.2, 0) is 0 Å². The van der Waals surface area contributed by atoms with Crippen LogP contribution in [0.15, 0.2) is 138 Å². The molecule has 0 fully saturated rings. The first kappa shape index (κ1) is 25.6. The van der Waals surface area contributed by atoms with E-state index in [0.717, 1.165) is 0 Å². The predicted octanol–water partition coefficient (Wildman–Crippen LogP) is 11.5. The van der Waals surface area contributed by atoms with Crippen molar-refractivity contribution in [3.8, 4) is 33.4 Å². The Bertz CT molecular complexity index is 2020. The summed E-state index contributed by atoms with van der Waals surface area (Å²) in [7, 11) is -0.803. The van der Waals surface area contributed by atoms with Crippen molar-refractivity contribution >= 4 is 42.3 Å². The van der Waals surface area contributed by atoms with Crippen LogP contribution in [0.25, 0.3) is 65.7 Å². The number of fused-ring (bicyclic) bond motifs is 3. The molecule has 7 aromatic carbocycles. The summed E-state index contributed by atoms with van der Waals surface area (Å²) in [4.78, 5) is 1.49. The van der Waals surface area contributed by atoms with Crippen LogP contribution in [0.3, 0.4) is 0 Å². The lowest BCUT2D eigenvalue weighted by molar-refractivity contribution is 1.29. The Balaban J connectivity index is 1.44. The van der Waals surface area contributed by atoms with Crippen LogP contribution in [0.5, 0.6) is 0 Å². The van der Waals surface area contributed by atoms with E-state index < -0.39 is 10.0 Å². The van der Waals surface area contributed by atoms with Gasteiger partial charge in [-0.3, -0.25) is 0 Å². The van der Waals surface area contributed by atoms with Crippen LogP contribution in [-0.4, -0.2) is 18.8 Å². The largest absolute Gasteiger partial charge is 0.223 e. The Hall–Kier alpha value is -4.33. The van der Waals surface area contributed by atoms with E-state index in [1.54, 1.807) is 0 Å². The number of hydrogen-bond donors (Lipinski definition) is 0. The van der Waals surface area contributed by atoms with Crippen LogP contribution in [0, 0.1) is 6.92 Å². The van der Waals surface area contributed by atoms with Crippen LogP contribution in [0.1, 0.15) is 5.56 Å². The van der Waals surface area contributed by atoms with E-state index in [2.05, 4.69) is 159 Å². The fourth-order valence-corrected chi connectivity index (χ4v) is 8.02. The molecule has 0 unspecified atom stereocenters. The first-order valence-electron chi connectivity index (χ1n) is 14.2. The van der Waals surface area contributed by atoms with E-state index >= 15 is 0 Å². The molecule has 0 spiro atoms. The molecule has 0 heterocycles. The lowest BCUT2D eigenvalue weighted by Gasteiger charge is -2.29. The number of hydrogen-bond acceptors (Lipinski definition) is 0. The molecule has 0 aliphatic rings. The van der Waals surface area contributed by atoms with E-state index in [0.29, 0.717) is 0 Å². The maximum Gasteiger partial charge on any atom is -0.00262 e. The van der Waals surface area contributed by atoms with E-state index in [1.807, 2.05) is 0 Å². The molecule has 0 N–H and O–H groups in total. The lowest BCUT2D eigenvalue weighted by atomic mass is 9.85. The first-order valence-corrected chi connectivity index (χ1v) is 17.1. The van der Waals surface area contributed by atoms with Crippen molar-refractivity contribution < 1.29 is 0 Å². The summed E-state index contributed by atoms with van der Waals surface area (Å²) in [6, 6.07) is 49.3. The maximum atomic E-state index is 2.38. The molecule has 7 rings (SSSR count). The Kier molecular flexibility index (Phi) is 6.21. The molecular weight excluding hydrogens is 513 g/mol. The van der Waals surface area contributed by atoms with E-state index in [9.17, 15) is 0 Å². The molecule has 0 amide bonds. The summed E-state index contributed by atoms with van der Waals surface area (Å²) in [5.41, 5.74) is 9.13. The molecule has 0 aliphatic carbocycles. The minimum absolute atomic E-state index is 0.803. The molecule has 1 heteroatoms. The van der Waals surface area contributed by atoms with Gasteiger partial charge in [-0.1, -0.05) is 121 Å². The van der Waals surface area contributed by atoms with Crippen LogP contribution < -0.4 is 0 Å². The topological polar surface area (TPSA) is 0 Å². The zero-order valence-corrected chi connectivity index (χ0v) is 24.9. The minimum atomic E-state index is -0.803. The maximum absolute atomic E-state index is 2.38. The Morgan fingerprint density at radius 2 is 0.902 bits per heavy atom. The highest BCUT2D eigenvalue weighted by Gasteiger charge is 2.18. The van der Waals surface area contributed by atoms with Gasteiger partial charge in [-0.15, -0.1) is 0 Å². The van der Waals surface area contributed by atoms with Crippen molar-refractivity contribution in [1.29, 1.82) is 0 Å². The number of rotatable bonds is 4. The summed E-state index contributed by atoms with van der Waals surface area (Å²) < 4.78 is 0. The molecule has 0 saturated heterocycles. The third kappa shape index (κ3) is 4.42. The quantitative estimate of drug-likeness (QED) is 0.193. The zero-order chi connectivity index (χ0) is 28.1. The number of benzene rings is 7. The molecule has 7 aromatic rings. The minimum Gasteiger partial charge on any atom is -0.223 e. The summed E-state index contributed by atoms with van der Waals surface area (Å²) in [6.07, 6.45) is 7.13. The highest BCUT2D eigenvalue weighted by molar-refractivity contribution is 8.32. The third-order valence-corrected chi connectivity index (χ3v) is 10.2. The smallest absolute Gasteiger partial charge is 0.00262 e. The molecule has 41 heavy (non-hydrogen) atoms. The molecule has 0 aromatic heterocycles. The molecule has 0 aliphatic heterocycles. The predicted molar refractivity (Wildman–Crippen MR) is 184 cm³/mol. The molecular formula is C40H34S. The van der Waals surface area contributed by atoms with Gasteiger partial charge in [0.1, 0.15) is 0 Å². The Morgan fingerprint density at radius 3 is 1.49 bits per heavy atom. The van der Waals surface area contributed by atoms with Crippen molar-refractivity contribution in [2.45, 2.75) is 11.8 Å². The van der Waals surface area contributed by atoms with Crippen LogP contribution in [0.2, 0.25) is 0 Å². The summed E-state index contributed by atoms with van der Waals surface area (Å²) in [5.74, 6) is 0. The molecule has 0 saturated carbocycles. The fraction of sp³-hybridized carbons (Fsp3) is 0.100. The lowest BCUT2D eigenvalue weighted by Crippen LogP contribution is -1.97. The molecule has 0 atom stereocenters. The standard InChI is InChI=1S/C40H34S/c1-27-33(18-11-19-38(27)41(2,3)4)29-21-23-30(24-22-29)39-34-14-7-9-16-36(34)40(37-17-10-8-15-35(37)39)32-25-20-28-12-5-6-13-31(28)26-32/h5-26H,1-4H3. The van der Waals surface area contributed by atoms with E-state index in [-0.39, 0.29) is 0 Å². The average molecular weight is 547 g/mol. The summed E-state index contributed by atoms with van der Waals surface area (Å²) >= 11 is 0. The van der Waals surface area contributed by atoms with Crippen LogP contribution in [0.4, 0.5) is 0 Å². The van der Waals surface area contributed by atoms with Gasteiger partial charge in [0.25, 0.3) is 0 Å². The second-order valence-electron chi connectivity index (χ2n) is 11.7. The van der Waals surface area contributed by atoms with Gasteiger partial charge in [-0.05, 0) is 114 Å². The van der Waals surface area contributed by atoms with Gasteiger partial charge in [0.15, 0.2) is 0 Å². The van der Waals surface area contributed by atoms with Gasteiger partial charge in [0, 0.05) is 0 Å². The zero-order valence-electron chi connectivity index (χ0n) is 24.1. The molecule has 0 bridgehead atoms. The highest BCUT2D eigenvalue weighted by Crippen LogP contribution is 2.49. The Labute approximate surface area is 244 Å². The molecule has 0 radical (unpaired) electrons. The van der Waals surface area contributed by atoms with E-state index in [1.165, 1.54) is 76.2 Å². The van der Waals surface area contributed by atoms with E-state index in [4.69, 9.17) is 0 Å². The average Bonchev–Trinajstić information content (AvgIpc) is 2.99. The van der Waals surface area contributed by atoms with Gasteiger partial charge in [0.2, 0.25) is 0 Å². The van der Waals surface area contributed by atoms with Crippen molar-refractivity contribution in [1.82, 2.24) is 0 Å². The van der Waals surface area contributed by atoms with Gasteiger partial charge in [-0.2, -0.15) is 0 Å². The second kappa shape index (κ2) is 9.94. The van der Waals surface area contributed by atoms with Gasteiger partial charge < -0.3 is 0 Å². The molecule has 200 valence electrons. The second-order valence-corrected chi connectivity index (χ2v) is 15.9. The van der Waals surface area contributed by atoms with Crippen molar-refractivity contribution in [3.63, 3.8) is 0 Å². The van der Waals surface area contributed by atoms with Gasteiger partial charge >= 0.3 is 0 Å². The highest BCUT2D eigenvalue weighted by atomic mass is 32.3. The van der Waals surface area contributed by atoms with Crippen molar-refractivity contribution in [3.05, 3.63) is 139 Å². The van der Waals surface area contributed by atoms with Gasteiger partial charge in [0.05, 0.1) is 0 Å². The third-order valence-electron chi connectivity index (χ3n) is 8.40. The first-order chi connectivity index (χ1) is 19.9. The summed E-state index contributed by atoms with van der Waals surface area (Å²) in [6.45, 7) is 2.28. The fourth-order valence-electron chi connectivity index (χ4n) is 6.50. The van der Waals surface area contributed by atoms with Gasteiger partial charge in [-0.25, -0.2) is 10.0 Å². The van der Waals surface area contributed by atoms with Crippen LogP contribution >= 0.6 is 10.0 Å². The SMILES string of the molecule is Cc1c(-c2ccc(-c3c4ccccc4c(-c4ccc5ccccc5c4)c4ccccc34)cc2)cccc1S(C)(C)C. The Morgan fingerprint density at radius 1 is 0.415 bits per heavy atom. The summed E-state index contributed by atoms with van der Waals surface area (Å²) in [5, 5.41) is 7.69. The van der Waals surface area contributed by atoms with Crippen molar-refractivity contribution in [2.24, 2.45) is 0 Å². The molecule has 0 nitrogen and oxygen atoms in total.